The molecule has 1 N–H and O–H groups in total. The van der Waals surface area contributed by atoms with Gasteiger partial charge in [-0.25, -0.2) is 0 Å². The highest BCUT2D eigenvalue weighted by atomic mass is 32.2. The third-order valence-electron chi connectivity index (χ3n) is 4.34. The van der Waals surface area contributed by atoms with E-state index in [4.69, 9.17) is 8.92 Å². The van der Waals surface area contributed by atoms with Gasteiger partial charge in [0.1, 0.15) is 6.54 Å². The molecule has 0 heterocycles. The Labute approximate surface area is 181 Å². The summed E-state index contributed by atoms with van der Waals surface area (Å²) in [4.78, 5) is 11.5. The summed E-state index contributed by atoms with van der Waals surface area (Å²) >= 11 is 0. The summed E-state index contributed by atoms with van der Waals surface area (Å²) in [5, 5.41) is 1.30. The van der Waals surface area contributed by atoms with E-state index in [0.717, 1.165) is 0 Å². The molecule has 0 bridgehead atoms. The van der Waals surface area contributed by atoms with E-state index in [2.05, 4.69) is 0 Å². The predicted molar refractivity (Wildman–Crippen MR) is 120 cm³/mol. The number of carbonyl (C=O) groups is 1. The smallest absolute Gasteiger partial charge is 0.383 e. The monoisotopic (exact) mass is 459 g/mol. The van der Waals surface area contributed by atoms with Crippen LogP contribution < -0.4 is 24.8 Å². The van der Waals surface area contributed by atoms with E-state index in [1.54, 1.807) is 73.7 Å². The lowest BCUT2D eigenvalue weighted by Gasteiger charge is -2.22. The Hall–Kier alpha value is -2.93. The van der Waals surface area contributed by atoms with Crippen molar-refractivity contribution in [1.29, 1.82) is 0 Å². The van der Waals surface area contributed by atoms with E-state index in [0.29, 0.717) is 10.6 Å². The molecule has 0 atom stereocenters. The van der Waals surface area contributed by atoms with Crippen LogP contribution in [0.4, 0.5) is 0 Å². The first kappa shape index (κ1) is 22.7. The molecule has 3 aromatic carbocycles. The lowest BCUT2D eigenvalue weighted by Crippen LogP contribution is -2.35. The van der Waals surface area contributed by atoms with Gasteiger partial charge in [0.05, 0.1) is 11.9 Å². The molecule has 0 spiro atoms. The van der Waals surface area contributed by atoms with E-state index >= 15 is 0 Å². The summed E-state index contributed by atoms with van der Waals surface area (Å²) in [6, 6.07) is 23.9. The van der Waals surface area contributed by atoms with Gasteiger partial charge in [0.25, 0.3) is 0 Å². The summed E-state index contributed by atoms with van der Waals surface area (Å²) in [5.41, 5.74) is 0. The average molecular weight is 459 g/mol. The first-order chi connectivity index (χ1) is 14.9. The van der Waals surface area contributed by atoms with Gasteiger partial charge < -0.3 is 13.5 Å². The standard InChI is InChI=1S/C22H22NO6PS/c1-2-28-22(24)17-23-31(26,27)29-20-15-9-10-16-21(20)30(25,18-11-5-3-6-12-18)19-13-7-4-8-14-19/h3-16,23H,2,17H2,1H3. The van der Waals surface area contributed by atoms with Gasteiger partial charge in [-0.05, 0) is 19.1 Å². The Morgan fingerprint density at radius 3 is 1.94 bits per heavy atom. The number of nitrogens with one attached hydrogen (secondary N) is 1. The molecule has 9 heteroatoms. The van der Waals surface area contributed by atoms with E-state index in [-0.39, 0.29) is 17.7 Å². The molecule has 3 aromatic rings. The fourth-order valence-electron chi connectivity index (χ4n) is 3.00. The molecule has 0 unspecified atom stereocenters. The summed E-state index contributed by atoms with van der Waals surface area (Å²) < 4.78 is 51.3. The minimum atomic E-state index is -4.37. The molecule has 0 saturated carbocycles. The summed E-state index contributed by atoms with van der Waals surface area (Å²) in [6.45, 7) is 1.17. The number of ether oxygens (including phenoxy) is 1. The van der Waals surface area contributed by atoms with Crippen LogP contribution in [0.2, 0.25) is 0 Å². The minimum Gasteiger partial charge on any atom is -0.465 e. The molecule has 31 heavy (non-hydrogen) atoms. The Morgan fingerprint density at radius 1 is 0.871 bits per heavy atom. The molecule has 0 amide bonds. The molecule has 0 aliphatic carbocycles. The van der Waals surface area contributed by atoms with Crippen LogP contribution in [0.15, 0.2) is 84.9 Å². The van der Waals surface area contributed by atoms with Gasteiger partial charge in [-0.15, -0.1) is 0 Å². The zero-order valence-corrected chi connectivity index (χ0v) is 18.5. The van der Waals surface area contributed by atoms with Crippen molar-refractivity contribution in [3.63, 3.8) is 0 Å². The van der Waals surface area contributed by atoms with Gasteiger partial charge in [-0.2, -0.15) is 13.1 Å². The van der Waals surface area contributed by atoms with E-state index in [1.165, 1.54) is 6.07 Å². The lowest BCUT2D eigenvalue weighted by atomic mass is 10.3. The quantitative estimate of drug-likeness (QED) is 0.389. The highest BCUT2D eigenvalue weighted by molar-refractivity contribution is 7.86. The zero-order valence-electron chi connectivity index (χ0n) is 16.8. The van der Waals surface area contributed by atoms with Crippen molar-refractivity contribution >= 4 is 39.3 Å². The molecular formula is C22H22NO6PS. The molecule has 0 aliphatic heterocycles. The lowest BCUT2D eigenvalue weighted by molar-refractivity contribution is -0.141. The van der Waals surface area contributed by atoms with Crippen molar-refractivity contribution in [2.75, 3.05) is 13.2 Å². The SMILES string of the molecule is CCOC(=O)CNS(=O)(=O)Oc1ccccc1P(=O)(c1ccccc1)c1ccccc1. The second-order valence-electron chi connectivity index (χ2n) is 6.41. The number of carbonyl (C=O) groups excluding carboxylic acids is 1. The highest BCUT2D eigenvalue weighted by Gasteiger charge is 2.33. The number of hydrogen-bond donors (Lipinski definition) is 1. The largest absolute Gasteiger partial charge is 0.465 e. The second kappa shape index (κ2) is 9.92. The summed E-state index contributed by atoms with van der Waals surface area (Å²) in [6.07, 6.45) is 0. The minimum absolute atomic E-state index is 0.0881. The maximum atomic E-state index is 14.5. The summed E-state index contributed by atoms with van der Waals surface area (Å²) in [7, 11) is -7.82. The number of hydrogen-bond acceptors (Lipinski definition) is 6. The Kier molecular flexibility index (Phi) is 7.28. The van der Waals surface area contributed by atoms with E-state index in [1.807, 2.05) is 16.9 Å². The Morgan fingerprint density at radius 2 is 1.39 bits per heavy atom. The Bertz CT molecular complexity index is 1140. The number of para-hydroxylation sites is 1. The molecule has 162 valence electrons. The molecule has 0 saturated heterocycles. The molecule has 0 fully saturated rings. The van der Waals surface area contributed by atoms with Crippen LogP contribution >= 0.6 is 7.14 Å². The number of rotatable bonds is 9. The molecule has 0 aromatic heterocycles. The van der Waals surface area contributed by atoms with Crippen LogP contribution in [0.5, 0.6) is 5.75 Å². The number of benzene rings is 3. The van der Waals surface area contributed by atoms with Gasteiger partial charge in [0, 0.05) is 10.6 Å². The fourth-order valence-corrected chi connectivity index (χ4v) is 6.56. The van der Waals surface area contributed by atoms with Crippen molar-refractivity contribution < 1.29 is 26.7 Å². The fraction of sp³-hybridized carbons (Fsp3) is 0.136. The van der Waals surface area contributed by atoms with Crippen LogP contribution in [0.25, 0.3) is 0 Å². The van der Waals surface area contributed by atoms with Gasteiger partial charge in [0.2, 0.25) is 0 Å². The van der Waals surface area contributed by atoms with Crippen LogP contribution in [0.1, 0.15) is 6.92 Å². The molecule has 0 aliphatic rings. The highest BCUT2D eigenvalue weighted by Crippen LogP contribution is 2.45. The van der Waals surface area contributed by atoms with Crippen molar-refractivity contribution in [3.05, 3.63) is 84.9 Å². The first-order valence-corrected chi connectivity index (χ1v) is 12.6. The molecule has 0 radical (unpaired) electrons. The normalized spacial score (nSPS) is 11.6. The van der Waals surface area contributed by atoms with Crippen LogP contribution in [0.3, 0.4) is 0 Å². The van der Waals surface area contributed by atoms with Gasteiger partial charge in [-0.1, -0.05) is 72.8 Å². The zero-order chi connectivity index (χ0) is 22.3. The first-order valence-electron chi connectivity index (χ1n) is 9.52. The maximum Gasteiger partial charge on any atom is 0.383 e. The van der Waals surface area contributed by atoms with E-state index < -0.39 is 30.0 Å². The second-order valence-corrected chi connectivity index (χ2v) is 10.5. The average Bonchev–Trinajstić information content (AvgIpc) is 2.79. The van der Waals surface area contributed by atoms with Crippen molar-refractivity contribution in [2.45, 2.75) is 6.92 Å². The van der Waals surface area contributed by atoms with Crippen molar-refractivity contribution in [3.8, 4) is 5.75 Å². The van der Waals surface area contributed by atoms with Crippen LogP contribution in [-0.2, 0) is 24.4 Å². The van der Waals surface area contributed by atoms with Crippen molar-refractivity contribution in [1.82, 2.24) is 4.72 Å². The van der Waals surface area contributed by atoms with Crippen LogP contribution in [-0.4, -0.2) is 27.5 Å². The third-order valence-corrected chi connectivity index (χ3v) is 8.34. The molecule has 3 rings (SSSR count). The topological polar surface area (TPSA) is 98.8 Å². The Balaban J connectivity index is 2.04. The van der Waals surface area contributed by atoms with Gasteiger partial charge >= 0.3 is 16.3 Å². The number of esters is 1. The predicted octanol–water partition coefficient (Wildman–Crippen LogP) is 2.10. The molecular weight excluding hydrogens is 437 g/mol. The van der Waals surface area contributed by atoms with E-state index in [9.17, 15) is 17.8 Å². The van der Waals surface area contributed by atoms with Gasteiger partial charge in [0.15, 0.2) is 12.9 Å². The molecule has 7 nitrogen and oxygen atoms in total. The maximum absolute atomic E-state index is 14.5. The van der Waals surface area contributed by atoms with Crippen LogP contribution in [0, 0.1) is 0 Å². The van der Waals surface area contributed by atoms with Crippen molar-refractivity contribution in [2.24, 2.45) is 0 Å². The summed E-state index contributed by atoms with van der Waals surface area (Å²) in [5.74, 6) is -0.822. The third kappa shape index (κ3) is 5.41. The van der Waals surface area contributed by atoms with Gasteiger partial charge in [-0.3, -0.25) is 4.79 Å².